The Kier molecular flexibility index (Phi) is 5.24. The highest BCUT2D eigenvalue weighted by atomic mass is 35.5. The number of halogens is 4. The zero-order valence-corrected chi connectivity index (χ0v) is 18.3. The van der Waals surface area contributed by atoms with Crippen LogP contribution in [0.2, 0.25) is 5.02 Å². The van der Waals surface area contributed by atoms with Crippen LogP contribution in [0.3, 0.4) is 0 Å². The number of carbonyl (C=O) groups is 2. The van der Waals surface area contributed by atoms with Gasteiger partial charge in [-0.05, 0) is 36.5 Å². The second-order valence-corrected chi connectivity index (χ2v) is 9.27. The summed E-state index contributed by atoms with van der Waals surface area (Å²) in [5.74, 6) is -0.491. The molecule has 0 bridgehead atoms. The molecule has 178 valence electrons. The average Bonchev–Trinajstić information content (AvgIpc) is 3.50. The van der Waals surface area contributed by atoms with E-state index in [9.17, 15) is 22.8 Å². The molecule has 3 aliphatic rings. The number of hydrogen-bond acceptors (Lipinski definition) is 5. The molecule has 2 aromatic heterocycles. The third-order valence-corrected chi connectivity index (χ3v) is 6.98. The van der Waals surface area contributed by atoms with Gasteiger partial charge in [0.05, 0.1) is 23.7 Å². The van der Waals surface area contributed by atoms with Crippen LogP contribution in [0.5, 0.6) is 0 Å². The van der Waals surface area contributed by atoms with E-state index in [0.29, 0.717) is 29.5 Å². The molecule has 2 aromatic rings. The minimum atomic E-state index is -4.65. The predicted octanol–water partition coefficient (Wildman–Crippen LogP) is 3.30. The molecule has 0 unspecified atom stereocenters. The topological polar surface area (TPSA) is 87.4 Å². The molecular weight excluding hydrogens is 465 g/mol. The number of carbonyl (C=O) groups excluding carboxylic acids is 2. The van der Waals surface area contributed by atoms with Gasteiger partial charge in [0.25, 0.3) is 5.91 Å². The summed E-state index contributed by atoms with van der Waals surface area (Å²) in [6.07, 6.45) is -2.77. The number of fused-ring (bicyclic) bond motifs is 1. The van der Waals surface area contributed by atoms with Crippen LogP contribution in [0, 0.1) is 0 Å². The fraction of sp³-hybridized carbons (Fsp3) is 0.571. The molecule has 1 N–H and O–H groups in total. The normalized spacial score (nSPS) is 20.7. The van der Waals surface area contributed by atoms with Crippen molar-refractivity contribution in [2.75, 3.05) is 32.8 Å². The summed E-state index contributed by atoms with van der Waals surface area (Å²) in [5.41, 5.74) is -1.31. The van der Waals surface area contributed by atoms with Crippen LogP contribution in [0.25, 0.3) is 5.52 Å². The van der Waals surface area contributed by atoms with E-state index in [4.69, 9.17) is 21.4 Å². The highest BCUT2D eigenvalue weighted by Gasteiger charge is 2.47. The number of likely N-dealkylation sites (tertiary alicyclic amines) is 1. The Hall–Kier alpha value is -2.53. The highest BCUT2D eigenvalue weighted by molar-refractivity contribution is 6.36. The van der Waals surface area contributed by atoms with Crippen molar-refractivity contribution in [1.82, 2.24) is 19.4 Å². The van der Waals surface area contributed by atoms with E-state index in [1.54, 1.807) is 6.07 Å². The lowest BCUT2D eigenvalue weighted by Gasteiger charge is -2.37. The number of amides is 2. The maximum atomic E-state index is 13.7. The number of aliphatic hydroxyl groups excluding tert-OH is 1. The molecule has 0 aromatic carbocycles. The van der Waals surface area contributed by atoms with E-state index in [1.165, 1.54) is 9.80 Å². The predicted molar refractivity (Wildman–Crippen MR) is 110 cm³/mol. The fourth-order valence-corrected chi connectivity index (χ4v) is 4.90. The van der Waals surface area contributed by atoms with Gasteiger partial charge in [0.2, 0.25) is 0 Å². The lowest BCUT2D eigenvalue weighted by Crippen LogP contribution is -2.49. The molecule has 5 rings (SSSR count). The summed E-state index contributed by atoms with van der Waals surface area (Å²) in [4.78, 5) is 28.0. The van der Waals surface area contributed by atoms with Gasteiger partial charge in [-0.2, -0.15) is 18.3 Å². The summed E-state index contributed by atoms with van der Waals surface area (Å²) in [6.45, 7) is 0.795. The van der Waals surface area contributed by atoms with E-state index < -0.39 is 29.5 Å². The number of nitrogens with zero attached hydrogens (tertiary/aromatic N) is 4. The second kappa shape index (κ2) is 7.76. The molecule has 2 aliphatic heterocycles. The Morgan fingerprint density at radius 2 is 1.97 bits per heavy atom. The lowest BCUT2D eigenvalue weighted by molar-refractivity contribution is -0.142. The summed E-state index contributed by atoms with van der Waals surface area (Å²) in [7, 11) is 0. The van der Waals surface area contributed by atoms with Crippen molar-refractivity contribution in [3.8, 4) is 0 Å². The monoisotopic (exact) mass is 486 g/mol. The number of hydrogen-bond donors (Lipinski definition) is 1. The minimum absolute atomic E-state index is 0.0644. The molecular formula is C21H22ClF3N4O4. The number of ether oxygens (including phenoxy) is 1. The highest BCUT2D eigenvalue weighted by Crippen LogP contribution is 2.43. The van der Waals surface area contributed by atoms with Gasteiger partial charge < -0.3 is 19.6 Å². The van der Waals surface area contributed by atoms with Crippen LogP contribution in [0.1, 0.15) is 53.3 Å². The molecule has 3 fully saturated rings. The van der Waals surface area contributed by atoms with Gasteiger partial charge in [0.15, 0.2) is 5.69 Å². The van der Waals surface area contributed by atoms with E-state index in [0.717, 1.165) is 18.9 Å². The molecule has 0 atom stereocenters. The molecule has 12 heteroatoms. The first-order chi connectivity index (χ1) is 15.6. The van der Waals surface area contributed by atoms with Gasteiger partial charge in [-0.1, -0.05) is 11.6 Å². The van der Waals surface area contributed by atoms with Crippen molar-refractivity contribution in [2.45, 2.75) is 43.4 Å². The minimum Gasteiger partial charge on any atom is -0.441 e. The van der Waals surface area contributed by atoms with Crippen molar-refractivity contribution >= 4 is 29.1 Å². The standard InChI is InChI=1S/C21H22ClF3N4O4/c22-16-14-9-13(12-1-2-12)10-15(21(23,24)25)29(14)26-17(16)18(31)27-5-3-20(4-6-27)11-28(7-8-30)19(32)33-20/h9-10,12,30H,1-8,11H2. The Morgan fingerprint density at radius 3 is 2.58 bits per heavy atom. The Labute approximate surface area is 191 Å². The van der Waals surface area contributed by atoms with E-state index >= 15 is 0 Å². The van der Waals surface area contributed by atoms with Crippen molar-refractivity contribution in [3.63, 3.8) is 0 Å². The summed E-state index contributed by atoms with van der Waals surface area (Å²) >= 11 is 6.39. The van der Waals surface area contributed by atoms with Crippen molar-refractivity contribution in [2.24, 2.45) is 0 Å². The quantitative estimate of drug-likeness (QED) is 0.716. The number of alkyl halides is 3. The molecule has 1 aliphatic carbocycles. The zero-order valence-electron chi connectivity index (χ0n) is 17.6. The van der Waals surface area contributed by atoms with Crippen LogP contribution >= 0.6 is 11.6 Å². The van der Waals surface area contributed by atoms with Crippen LogP contribution in [0.4, 0.5) is 18.0 Å². The van der Waals surface area contributed by atoms with Gasteiger partial charge in [-0.15, -0.1) is 0 Å². The number of aliphatic hydroxyl groups is 1. The molecule has 2 amide bonds. The first kappa shape index (κ1) is 22.3. The first-order valence-corrected chi connectivity index (χ1v) is 11.2. The summed E-state index contributed by atoms with van der Waals surface area (Å²) in [5, 5.41) is 12.9. The van der Waals surface area contributed by atoms with Gasteiger partial charge >= 0.3 is 12.3 Å². The smallest absolute Gasteiger partial charge is 0.433 e. The molecule has 1 spiro atoms. The maximum Gasteiger partial charge on any atom is 0.433 e. The number of pyridine rings is 1. The second-order valence-electron chi connectivity index (χ2n) is 8.89. The average molecular weight is 487 g/mol. The molecule has 8 nitrogen and oxygen atoms in total. The van der Waals surface area contributed by atoms with E-state index in [2.05, 4.69) is 5.10 Å². The molecule has 4 heterocycles. The Morgan fingerprint density at radius 1 is 1.27 bits per heavy atom. The molecule has 0 radical (unpaired) electrons. The van der Waals surface area contributed by atoms with E-state index in [1.807, 2.05) is 0 Å². The summed E-state index contributed by atoms with van der Waals surface area (Å²) in [6, 6.07) is 2.66. The van der Waals surface area contributed by atoms with Crippen LogP contribution in [-0.4, -0.2) is 74.9 Å². The van der Waals surface area contributed by atoms with Crippen LogP contribution < -0.4 is 0 Å². The number of β-amino-alcohol motifs (C(OH)–C–C–N with tert-alkyl or cyclic N) is 1. The molecule has 33 heavy (non-hydrogen) atoms. The molecule has 1 saturated carbocycles. The first-order valence-electron chi connectivity index (χ1n) is 10.8. The van der Waals surface area contributed by atoms with Crippen molar-refractivity contribution in [3.05, 3.63) is 34.1 Å². The third kappa shape index (κ3) is 3.90. The van der Waals surface area contributed by atoms with Crippen molar-refractivity contribution < 1.29 is 32.6 Å². The largest absolute Gasteiger partial charge is 0.441 e. The van der Waals surface area contributed by atoms with Crippen molar-refractivity contribution in [1.29, 1.82) is 0 Å². The van der Waals surface area contributed by atoms with Crippen LogP contribution in [-0.2, 0) is 10.9 Å². The summed E-state index contributed by atoms with van der Waals surface area (Å²) < 4.78 is 47.3. The number of aromatic nitrogens is 2. The number of piperidine rings is 1. The van der Waals surface area contributed by atoms with Gasteiger partial charge in [-0.25, -0.2) is 9.31 Å². The fourth-order valence-electron chi connectivity index (χ4n) is 4.64. The Bertz CT molecular complexity index is 1120. The maximum absolute atomic E-state index is 13.7. The Balaban J connectivity index is 1.39. The van der Waals surface area contributed by atoms with Gasteiger partial charge in [0.1, 0.15) is 11.3 Å². The third-order valence-electron chi connectivity index (χ3n) is 6.61. The number of rotatable bonds is 4. The van der Waals surface area contributed by atoms with Crippen LogP contribution in [0.15, 0.2) is 12.1 Å². The van der Waals surface area contributed by atoms with Gasteiger partial charge in [-0.3, -0.25) is 4.79 Å². The lowest BCUT2D eigenvalue weighted by atomic mass is 9.91. The van der Waals surface area contributed by atoms with Gasteiger partial charge in [0, 0.05) is 32.5 Å². The SMILES string of the molecule is O=C1OC2(CCN(C(=O)c3nn4c(C(F)(F)F)cc(C5CC5)cc4c3Cl)CC2)CN1CCO. The van der Waals surface area contributed by atoms with E-state index in [-0.39, 0.29) is 48.4 Å². The zero-order chi connectivity index (χ0) is 23.5. The molecule has 2 saturated heterocycles.